The van der Waals surface area contributed by atoms with Crippen molar-refractivity contribution in [2.75, 3.05) is 59.9 Å². The summed E-state index contributed by atoms with van der Waals surface area (Å²) >= 11 is 0. The van der Waals surface area contributed by atoms with Crippen LogP contribution >= 0.6 is 0 Å². The van der Waals surface area contributed by atoms with Crippen molar-refractivity contribution < 1.29 is 27.5 Å². The number of methoxy groups -OCH3 is 1. The van der Waals surface area contributed by atoms with Crippen molar-refractivity contribution in [3.8, 4) is 5.75 Å². The molecule has 3 amide bonds. The molecule has 7 rings (SSSR count). The highest BCUT2D eigenvalue weighted by atomic mass is 19.4. The summed E-state index contributed by atoms with van der Waals surface area (Å²) in [5.41, 5.74) is 2.46. The third-order valence-corrected chi connectivity index (χ3v) is 9.70. The van der Waals surface area contributed by atoms with E-state index in [4.69, 9.17) is 4.74 Å². The van der Waals surface area contributed by atoms with Crippen molar-refractivity contribution in [1.29, 1.82) is 0 Å². The summed E-state index contributed by atoms with van der Waals surface area (Å²) in [5.74, 6) is -0.327. The first kappa shape index (κ1) is 31.8. The zero-order valence-corrected chi connectivity index (χ0v) is 26.9. The number of aromatic nitrogens is 2. The first-order valence-corrected chi connectivity index (χ1v) is 16.4. The number of hydrogen-bond acceptors (Lipinski definition) is 6. The number of rotatable bonds is 7. The molecule has 2 aromatic carbocycles. The van der Waals surface area contributed by atoms with Crippen LogP contribution in [0.15, 0.2) is 54.9 Å². The number of nitrogens with zero attached hydrogens (tertiary/aromatic N) is 5. The number of ether oxygens (including phenoxy) is 1. The Morgan fingerprint density at radius 2 is 1.81 bits per heavy atom. The van der Waals surface area contributed by atoms with Gasteiger partial charge in [0.05, 0.1) is 30.6 Å². The van der Waals surface area contributed by atoms with Gasteiger partial charge in [-0.1, -0.05) is 0 Å². The number of piperidine rings is 1. The van der Waals surface area contributed by atoms with E-state index in [0.717, 1.165) is 54.7 Å². The van der Waals surface area contributed by atoms with Gasteiger partial charge in [0.15, 0.2) is 0 Å². The number of nitrogens with one attached hydrogen (secondary N) is 2. The number of amides is 3. The third kappa shape index (κ3) is 6.02. The van der Waals surface area contributed by atoms with Gasteiger partial charge in [0.25, 0.3) is 5.91 Å². The fourth-order valence-electron chi connectivity index (χ4n) is 7.26. The van der Waals surface area contributed by atoms with Gasteiger partial charge in [-0.3, -0.25) is 14.6 Å². The highest BCUT2D eigenvalue weighted by Crippen LogP contribution is 2.39. The van der Waals surface area contributed by atoms with Crippen LogP contribution in [0.25, 0.3) is 11.0 Å². The normalized spacial score (nSPS) is 17.7. The SMILES string of the molecule is CCN1C(=O)N(c2cc(NC(=O)c3cc(N4CCC(N5CCCC5)CC4)cc(C(F)(F)F)c3)cc(OC)c2)Cc2cnc3[nH]ccc3c21. The molecule has 0 radical (unpaired) electrons. The lowest BCUT2D eigenvalue weighted by Crippen LogP contribution is -2.47. The molecule has 2 saturated heterocycles. The van der Waals surface area contributed by atoms with E-state index in [-0.39, 0.29) is 23.8 Å². The molecule has 2 N–H and O–H groups in total. The van der Waals surface area contributed by atoms with Crippen LogP contribution < -0.4 is 24.8 Å². The van der Waals surface area contributed by atoms with Gasteiger partial charge in [-0.25, -0.2) is 9.78 Å². The van der Waals surface area contributed by atoms with Gasteiger partial charge in [0, 0.05) is 78.1 Å². The second-order valence-electron chi connectivity index (χ2n) is 12.6. The smallest absolute Gasteiger partial charge is 0.416 e. The van der Waals surface area contributed by atoms with E-state index < -0.39 is 17.6 Å². The molecule has 5 heterocycles. The van der Waals surface area contributed by atoms with Crippen LogP contribution in [0.1, 0.15) is 54.1 Å². The van der Waals surface area contributed by atoms with Gasteiger partial charge in [0.2, 0.25) is 0 Å². The predicted octanol–water partition coefficient (Wildman–Crippen LogP) is 6.87. The Morgan fingerprint density at radius 3 is 2.52 bits per heavy atom. The van der Waals surface area contributed by atoms with Gasteiger partial charge >= 0.3 is 12.2 Å². The van der Waals surface area contributed by atoms with Crippen molar-refractivity contribution in [3.63, 3.8) is 0 Å². The average molecular weight is 662 g/mol. The number of aromatic amines is 1. The summed E-state index contributed by atoms with van der Waals surface area (Å²) in [7, 11) is 1.47. The van der Waals surface area contributed by atoms with E-state index in [1.807, 2.05) is 17.9 Å². The summed E-state index contributed by atoms with van der Waals surface area (Å²) in [6.45, 7) is 5.92. The standard InChI is InChI=1S/C35H38F3N7O3/c1-3-44-31-23(20-40-32-30(31)6-9-39-32)21-45(34(44)47)28-17-25(18-29(19-28)48-2)41-33(46)22-14-24(35(36,37)38)16-27(15-22)43-12-7-26(8-13-43)42-10-4-5-11-42/h6,9,14-20,26H,3-5,7-8,10-13,21H2,1-2H3,(H,39,40)(H,41,46). The molecule has 2 aromatic heterocycles. The van der Waals surface area contributed by atoms with Gasteiger partial charge in [-0.2, -0.15) is 13.2 Å². The number of urea groups is 1. The van der Waals surface area contributed by atoms with Crippen LogP contribution in [-0.2, 0) is 12.7 Å². The Labute approximate surface area is 276 Å². The number of H-pyrrole nitrogens is 1. The first-order chi connectivity index (χ1) is 23.1. The fraction of sp³-hybridized carbons (Fsp3) is 0.400. The summed E-state index contributed by atoms with van der Waals surface area (Å²) in [4.78, 5) is 42.7. The maximum absolute atomic E-state index is 14.1. The van der Waals surface area contributed by atoms with E-state index in [2.05, 4.69) is 20.2 Å². The Kier molecular flexibility index (Phi) is 8.40. The van der Waals surface area contributed by atoms with Crippen LogP contribution in [0.5, 0.6) is 5.75 Å². The highest BCUT2D eigenvalue weighted by molar-refractivity contribution is 6.12. The van der Waals surface area contributed by atoms with Crippen molar-refractivity contribution in [2.45, 2.75) is 51.4 Å². The topological polar surface area (TPSA) is 97.0 Å². The van der Waals surface area contributed by atoms with Crippen molar-refractivity contribution >= 4 is 45.7 Å². The lowest BCUT2D eigenvalue weighted by atomic mass is 10.0. The minimum absolute atomic E-state index is 0.104. The van der Waals surface area contributed by atoms with Crippen molar-refractivity contribution in [3.05, 3.63) is 71.5 Å². The average Bonchev–Trinajstić information content (AvgIpc) is 3.81. The number of fused-ring (bicyclic) bond motifs is 3. The molecule has 0 atom stereocenters. The molecule has 0 aliphatic carbocycles. The first-order valence-electron chi connectivity index (χ1n) is 16.4. The van der Waals surface area contributed by atoms with E-state index in [0.29, 0.717) is 48.4 Å². The number of alkyl halides is 3. The Balaban J connectivity index is 1.15. The number of hydrogen-bond donors (Lipinski definition) is 2. The van der Waals surface area contributed by atoms with Crippen LogP contribution in [0.2, 0.25) is 0 Å². The van der Waals surface area contributed by atoms with Crippen molar-refractivity contribution in [1.82, 2.24) is 14.9 Å². The van der Waals surface area contributed by atoms with Crippen LogP contribution in [0, 0.1) is 0 Å². The summed E-state index contributed by atoms with van der Waals surface area (Å²) in [6, 6.07) is 10.5. The number of anilines is 4. The molecule has 10 nitrogen and oxygen atoms in total. The molecule has 4 aromatic rings. The molecule has 2 fully saturated rings. The molecule has 13 heteroatoms. The van der Waals surface area contributed by atoms with Gasteiger partial charge in [-0.15, -0.1) is 0 Å². The molecule has 48 heavy (non-hydrogen) atoms. The monoisotopic (exact) mass is 661 g/mol. The van der Waals surface area contributed by atoms with E-state index in [1.54, 1.807) is 40.4 Å². The third-order valence-electron chi connectivity index (χ3n) is 9.70. The Morgan fingerprint density at radius 1 is 1.04 bits per heavy atom. The molecule has 3 aliphatic heterocycles. The lowest BCUT2D eigenvalue weighted by molar-refractivity contribution is -0.137. The Bertz CT molecular complexity index is 1840. The van der Waals surface area contributed by atoms with Gasteiger partial charge in [0.1, 0.15) is 11.4 Å². The molecule has 3 aliphatic rings. The molecular formula is C35H38F3N7O3. The van der Waals surface area contributed by atoms with Gasteiger partial charge in [-0.05, 0) is 76.0 Å². The molecule has 0 bridgehead atoms. The number of benzene rings is 2. The zero-order chi connectivity index (χ0) is 33.6. The van der Waals surface area contributed by atoms with Crippen LogP contribution in [0.4, 0.5) is 40.7 Å². The zero-order valence-electron chi connectivity index (χ0n) is 26.9. The number of likely N-dealkylation sites (tertiary alicyclic amines) is 1. The van der Waals surface area contributed by atoms with Gasteiger partial charge < -0.3 is 24.8 Å². The minimum Gasteiger partial charge on any atom is -0.497 e. The fourth-order valence-corrected chi connectivity index (χ4v) is 7.26. The Hall–Kier alpha value is -4.78. The minimum atomic E-state index is -4.63. The summed E-state index contributed by atoms with van der Waals surface area (Å²) < 4.78 is 47.7. The second kappa shape index (κ2) is 12.7. The van der Waals surface area contributed by atoms with E-state index >= 15 is 0 Å². The molecular weight excluding hydrogens is 623 g/mol. The number of pyridine rings is 1. The van der Waals surface area contributed by atoms with Crippen LogP contribution in [0.3, 0.4) is 0 Å². The number of halogens is 3. The van der Waals surface area contributed by atoms with Crippen molar-refractivity contribution in [2.24, 2.45) is 0 Å². The largest absolute Gasteiger partial charge is 0.497 e. The maximum atomic E-state index is 14.1. The molecule has 0 spiro atoms. The maximum Gasteiger partial charge on any atom is 0.416 e. The number of carbonyl (C=O) groups is 2. The predicted molar refractivity (Wildman–Crippen MR) is 179 cm³/mol. The lowest BCUT2D eigenvalue weighted by Gasteiger charge is -2.38. The second-order valence-corrected chi connectivity index (χ2v) is 12.6. The molecule has 0 saturated carbocycles. The summed E-state index contributed by atoms with van der Waals surface area (Å²) in [6.07, 6.45) is 3.00. The molecule has 252 valence electrons. The van der Waals surface area contributed by atoms with E-state index in [9.17, 15) is 22.8 Å². The van der Waals surface area contributed by atoms with E-state index in [1.165, 1.54) is 26.0 Å². The summed E-state index contributed by atoms with van der Waals surface area (Å²) in [5, 5.41) is 3.61. The highest BCUT2D eigenvalue weighted by Gasteiger charge is 2.35. The number of carbonyl (C=O) groups excluding carboxylic acids is 2. The van der Waals surface area contributed by atoms with Crippen LogP contribution in [-0.4, -0.2) is 72.7 Å². The molecule has 0 unspecified atom stereocenters. The quantitative estimate of drug-likeness (QED) is 0.224.